The maximum atomic E-state index is 12.7. The Bertz CT molecular complexity index is 704. The van der Waals surface area contributed by atoms with Gasteiger partial charge in [-0.25, -0.2) is 4.79 Å². The van der Waals surface area contributed by atoms with Gasteiger partial charge in [0.1, 0.15) is 0 Å². The molecule has 2 saturated heterocycles. The molecule has 3 heterocycles. The minimum atomic E-state index is -0.333. The third kappa shape index (κ3) is 3.43. The van der Waals surface area contributed by atoms with Crippen molar-refractivity contribution < 1.29 is 14.3 Å². The zero-order valence-corrected chi connectivity index (χ0v) is 16.1. The molecule has 1 N–H and O–H groups in total. The van der Waals surface area contributed by atoms with Crippen LogP contribution in [0.5, 0.6) is 0 Å². The Morgan fingerprint density at radius 3 is 2.59 bits per heavy atom. The average Bonchev–Trinajstić information content (AvgIpc) is 2.96. The van der Waals surface area contributed by atoms with Crippen LogP contribution in [0.4, 0.5) is 10.5 Å². The van der Waals surface area contributed by atoms with Crippen molar-refractivity contribution in [3.05, 3.63) is 29.8 Å². The van der Waals surface area contributed by atoms with Crippen molar-refractivity contribution >= 4 is 17.7 Å². The molecule has 2 fully saturated rings. The van der Waals surface area contributed by atoms with Crippen LogP contribution in [0, 0.1) is 5.92 Å². The summed E-state index contributed by atoms with van der Waals surface area (Å²) in [6.07, 6.45) is 3.66. The highest BCUT2D eigenvalue weighted by Gasteiger charge is 2.48. The van der Waals surface area contributed by atoms with Crippen LogP contribution in [0.1, 0.15) is 38.2 Å². The van der Waals surface area contributed by atoms with Gasteiger partial charge in [0, 0.05) is 25.3 Å². The largest absolute Gasteiger partial charge is 0.450 e. The van der Waals surface area contributed by atoms with Gasteiger partial charge in [-0.15, -0.1) is 0 Å². The SMILES string of the molecule is CCOC(=O)N1CCC(CN2CCC3(CC2)C(=O)Nc2ccccc23)CC1. The van der Waals surface area contributed by atoms with E-state index in [9.17, 15) is 9.59 Å². The summed E-state index contributed by atoms with van der Waals surface area (Å²) in [6.45, 7) is 6.84. The molecule has 0 atom stereocenters. The monoisotopic (exact) mass is 371 g/mol. The maximum Gasteiger partial charge on any atom is 0.409 e. The molecule has 1 aromatic carbocycles. The van der Waals surface area contributed by atoms with E-state index in [1.54, 1.807) is 0 Å². The Hall–Kier alpha value is -2.08. The van der Waals surface area contributed by atoms with Gasteiger partial charge < -0.3 is 19.9 Å². The molecule has 0 unspecified atom stereocenters. The summed E-state index contributed by atoms with van der Waals surface area (Å²) in [7, 11) is 0. The first-order chi connectivity index (χ1) is 13.1. The Kier molecular flexibility index (Phi) is 5.08. The first kappa shape index (κ1) is 18.3. The molecule has 27 heavy (non-hydrogen) atoms. The Morgan fingerprint density at radius 2 is 1.89 bits per heavy atom. The molecule has 6 nitrogen and oxygen atoms in total. The van der Waals surface area contributed by atoms with E-state index in [0.717, 1.165) is 64.1 Å². The number of piperidine rings is 2. The molecule has 0 aliphatic carbocycles. The molecule has 0 aromatic heterocycles. The normalized spacial score (nSPS) is 22.6. The second kappa shape index (κ2) is 7.50. The van der Waals surface area contributed by atoms with Crippen LogP contribution in [0.25, 0.3) is 0 Å². The fourth-order valence-electron chi connectivity index (χ4n) is 4.87. The minimum Gasteiger partial charge on any atom is -0.450 e. The van der Waals surface area contributed by atoms with E-state index in [1.165, 1.54) is 5.56 Å². The molecular weight excluding hydrogens is 342 g/mol. The average molecular weight is 371 g/mol. The molecule has 0 radical (unpaired) electrons. The third-order valence-corrected chi connectivity index (χ3v) is 6.49. The lowest BCUT2D eigenvalue weighted by atomic mass is 9.73. The number of carbonyl (C=O) groups excluding carboxylic acids is 2. The van der Waals surface area contributed by atoms with Crippen molar-refractivity contribution in [1.29, 1.82) is 0 Å². The zero-order valence-electron chi connectivity index (χ0n) is 16.1. The van der Waals surface area contributed by atoms with Crippen molar-refractivity contribution in [2.75, 3.05) is 44.6 Å². The van der Waals surface area contributed by atoms with E-state index in [-0.39, 0.29) is 17.4 Å². The predicted molar refractivity (Wildman–Crippen MR) is 104 cm³/mol. The van der Waals surface area contributed by atoms with Crippen LogP contribution < -0.4 is 5.32 Å². The van der Waals surface area contributed by atoms with E-state index in [4.69, 9.17) is 4.74 Å². The van der Waals surface area contributed by atoms with Crippen molar-refractivity contribution in [2.45, 2.75) is 38.0 Å². The van der Waals surface area contributed by atoms with Gasteiger partial charge in [-0.3, -0.25) is 4.79 Å². The summed E-state index contributed by atoms with van der Waals surface area (Å²) in [5, 5.41) is 3.07. The molecule has 0 bridgehead atoms. The first-order valence-electron chi connectivity index (χ1n) is 10.2. The van der Waals surface area contributed by atoms with Gasteiger partial charge in [-0.05, 0) is 63.2 Å². The highest BCUT2D eigenvalue weighted by Crippen LogP contribution is 2.44. The lowest BCUT2D eigenvalue weighted by Gasteiger charge is -2.40. The minimum absolute atomic E-state index is 0.172. The molecule has 146 valence electrons. The quantitative estimate of drug-likeness (QED) is 0.888. The number of fused-ring (bicyclic) bond motifs is 2. The summed E-state index contributed by atoms with van der Waals surface area (Å²) in [5.41, 5.74) is 1.83. The summed E-state index contributed by atoms with van der Waals surface area (Å²) in [5.74, 6) is 0.792. The van der Waals surface area contributed by atoms with Crippen LogP contribution in [-0.4, -0.2) is 61.1 Å². The van der Waals surface area contributed by atoms with Gasteiger partial charge in [0.25, 0.3) is 0 Å². The van der Waals surface area contributed by atoms with Crippen molar-refractivity contribution in [1.82, 2.24) is 9.80 Å². The topological polar surface area (TPSA) is 61.9 Å². The fraction of sp³-hybridized carbons (Fsp3) is 0.619. The molecule has 0 saturated carbocycles. The molecule has 1 aromatic rings. The van der Waals surface area contributed by atoms with Gasteiger partial charge in [0.2, 0.25) is 5.91 Å². The number of anilines is 1. The van der Waals surface area contributed by atoms with Crippen LogP contribution in [0.3, 0.4) is 0 Å². The molecule has 6 heteroatoms. The van der Waals surface area contributed by atoms with Gasteiger partial charge >= 0.3 is 6.09 Å². The zero-order chi connectivity index (χ0) is 18.9. The number of hydrogen-bond donors (Lipinski definition) is 1. The Labute approximate surface area is 160 Å². The molecule has 3 aliphatic heterocycles. The molecule has 4 rings (SSSR count). The van der Waals surface area contributed by atoms with E-state index >= 15 is 0 Å². The number of para-hydroxylation sites is 1. The number of amides is 2. The highest BCUT2D eigenvalue weighted by atomic mass is 16.6. The highest BCUT2D eigenvalue weighted by molar-refractivity contribution is 6.06. The van der Waals surface area contributed by atoms with Gasteiger partial charge in [0.15, 0.2) is 0 Å². The number of rotatable bonds is 3. The van der Waals surface area contributed by atoms with Crippen LogP contribution in [0.2, 0.25) is 0 Å². The van der Waals surface area contributed by atoms with Crippen molar-refractivity contribution in [3.63, 3.8) is 0 Å². The van der Waals surface area contributed by atoms with Gasteiger partial charge in [0.05, 0.1) is 12.0 Å². The second-order valence-corrected chi connectivity index (χ2v) is 8.01. The Balaban J connectivity index is 1.30. The van der Waals surface area contributed by atoms with Gasteiger partial charge in [-0.1, -0.05) is 18.2 Å². The predicted octanol–water partition coefficient (Wildman–Crippen LogP) is 2.84. The number of ether oxygens (including phenoxy) is 1. The number of benzene rings is 1. The van der Waals surface area contributed by atoms with E-state index in [1.807, 2.05) is 30.0 Å². The fourth-order valence-corrected chi connectivity index (χ4v) is 4.87. The smallest absolute Gasteiger partial charge is 0.409 e. The molecule has 2 amide bonds. The van der Waals surface area contributed by atoms with Crippen molar-refractivity contribution in [2.24, 2.45) is 5.92 Å². The van der Waals surface area contributed by atoms with Crippen LogP contribution in [0.15, 0.2) is 24.3 Å². The maximum absolute atomic E-state index is 12.7. The van der Waals surface area contributed by atoms with Crippen LogP contribution >= 0.6 is 0 Å². The molecule has 3 aliphatic rings. The summed E-state index contributed by atoms with van der Waals surface area (Å²) < 4.78 is 5.10. The number of nitrogens with one attached hydrogen (secondary N) is 1. The lowest BCUT2D eigenvalue weighted by Crippen LogP contribution is -2.48. The number of likely N-dealkylation sites (tertiary alicyclic amines) is 2. The Morgan fingerprint density at radius 1 is 1.19 bits per heavy atom. The molecular formula is C21H29N3O3. The number of hydrogen-bond acceptors (Lipinski definition) is 4. The standard InChI is InChI=1S/C21H29N3O3/c1-2-27-20(26)24-11-7-16(8-12-24)15-23-13-9-21(10-14-23)17-5-3-4-6-18(17)22-19(21)25/h3-6,16H,2,7-15H2,1H3,(H,22,25). The van der Waals surface area contributed by atoms with E-state index in [0.29, 0.717) is 12.5 Å². The number of nitrogens with zero attached hydrogens (tertiary/aromatic N) is 2. The van der Waals surface area contributed by atoms with Crippen LogP contribution in [-0.2, 0) is 14.9 Å². The third-order valence-electron chi connectivity index (χ3n) is 6.49. The second-order valence-electron chi connectivity index (χ2n) is 8.01. The van der Waals surface area contributed by atoms with Gasteiger partial charge in [-0.2, -0.15) is 0 Å². The van der Waals surface area contributed by atoms with E-state index < -0.39 is 0 Å². The lowest BCUT2D eigenvalue weighted by molar-refractivity contribution is -0.122. The number of carbonyl (C=O) groups is 2. The van der Waals surface area contributed by atoms with Crippen molar-refractivity contribution in [3.8, 4) is 0 Å². The summed E-state index contributed by atoms with van der Waals surface area (Å²) >= 11 is 0. The summed E-state index contributed by atoms with van der Waals surface area (Å²) in [6, 6.07) is 8.13. The first-order valence-corrected chi connectivity index (χ1v) is 10.2. The van der Waals surface area contributed by atoms with E-state index in [2.05, 4.69) is 16.3 Å². The molecule has 1 spiro atoms. The summed E-state index contributed by atoms with van der Waals surface area (Å²) in [4.78, 5) is 28.8.